The number of ether oxygens (including phenoxy) is 1. The van der Waals surface area contributed by atoms with Gasteiger partial charge in [0.2, 0.25) is 0 Å². The van der Waals surface area contributed by atoms with Crippen molar-refractivity contribution in [1.29, 1.82) is 0 Å². The van der Waals surface area contributed by atoms with Gasteiger partial charge in [-0.2, -0.15) is 5.10 Å². The van der Waals surface area contributed by atoms with Crippen LogP contribution in [0.3, 0.4) is 0 Å². The molecule has 0 fully saturated rings. The maximum atomic E-state index is 12.0. The van der Waals surface area contributed by atoms with Crippen LogP contribution in [0.5, 0.6) is 5.75 Å². The van der Waals surface area contributed by atoms with Gasteiger partial charge in [0, 0.05) is 6.07 Å². The number of nitrogens with two attached hydrogens (primary N) is 2. The van der Waals surface area contributed by atoms with Gasteiger partial charge >= 0.3 is 5.69 Å². The zero-order valence-electron chi connectivity index (χ0n) is 12.1. The Bertz CT molecular complexity index is 634. The Hall–Kier alpha value is -2.12. The molecule has 0 amide bonds. The van der Waals surface area contributed by atoms with Gasteiger partial charge in [-0.15, -0.1) is 0 Å². The zero-order valence-corrected chi connectivity index (χ0v) is 12.1. The maximum absolute atomic E-state index is 12.0. The molecule has 0 spiro atoms. The molecule has 2 aromatic rings. The molecule has 1 atom stereocenters. The van der Waals surface area contributed by atoms with Gasteiger partial charge in [0.15, 0.2) is 5.82 Å². The molecule has 1 heterocycles. The van der Waals surface area contributed by atoms with Crippen LogP contribution in [0.1, 0.15) is 31.1 Å². The lowest BCUT2D eigenvalue weighted by Crippen LogP contribution is -2.22. The first kappa shape index (κ1) is 15.3. The van der Waals surface area contributed by atoms with Crippen LogP contribution >= 0.6 is 0 Å². The standard InChI is InChI=1S/C14H21N5O2/c1-21-11-6-4-5-10(9-11)19-13(17-18-14(19)20)12(16)7-2-3-8-15/h4-6,9,12H,2-3,7-8,15-16H2,1H3,(H,18,20). The van der Waals surface area contributed by atoms with Crippen molar-refractivity contribution in [2.24, 2.45) is 11.5 Å². The fourth-order valence-electron chi connectivity index (χ4n) is 2.19. The van der Waals surface area contributed by atoms with Crippen molar-refractivity contribution >= 4 is 0 Å². The summed E-state index contributed by atoms with van der Waals surface area (Å²) in [5.74, 6) is 1.19. The van der Waals surface area contributed by atoms with E-state index in [9.17, 15) is 4.79 Å². The van der Waals surface area contributed by atoms with E-state index in [4.69, 9.17) is 16.2 Å². The molecule has 7 heteroatoms. The minimum Gasteiger partial charge on any atom is -0.497 e. The first-order chi connectivity index (χ1) is 10.2. The van der Waals surface area contributed by atoms with Crippen LogP contribution in [0.15, 0.2) is 29.1 Å². The Balaban J connectivity index is 2.31. The topological polar surface area (TPSA) is 112 Å². The average Bonchev–Trinajstić information content (AvgIpc) is 2.89. The average molecular weight is 291 g/mol. The van der Waals surface area contributed by atoms with Gasteiger partial charge in [-0.3, -0.25) is 0 Å². The number of methoxy groups -OCH3 is 1. The largest absolute Gasteiger partial charge is 0.497 e. The molecule has 1 aromatic heterocycles. The highest BCUT2D eigenvalue weighted by atomic mass is 16.5. The molecule has 0 aliphatic rings. The molecular formula is C14H21N5O2. The Labute approximate surface area is 122 Å². The van der Waals surface area contributed by atoms with Crippen molar-refractivity contribution < 1.29 is 4.74 Å². The van der Waals surface area contributed by atoms with Gasteiger partial charge in [-0.25, -0.2) is 14.5 Å². The van der Waals surface area contributed by atoms with Gasteiger partial charge < -0.3 is 16.2 Å². The smallest absolute Gasteiger partial charge is 0.347 e. The number of hydrogen-bond acceptors (Lipinski definition) is 5. The highest BCUT2D eigenvalue weighted by Crippen LogP contribution is 2.19. The number of rotatable bonds is 7. The second-order valence-electron chi connectivity index (χ2n) is 4.81. The number of benzene rings is 1. The van der Waals surface area contributed by atoms with Gasteiger partial charge in [0.05, 0.1) is 18.8 Å². The van der Waals surface area contributed by atoms with Crippen LogP contribution in [-0.2, 0) is 0 Å². The predicted octanol–water partition coefficient (Wildman–Crippen LogP) is 0.698. The molecule has 5 N–H and O–H groups in total. The lowest BCUT2D eigenvalue weighted by molar-refractivity contribution is 0.414. The van der Waals surface area contributed by atoms with Crippen molar-refractivity contribution in [3.05, 3.63) is 40.6 Å². The van der Waals surface area contributed by atoms with E-state index in [-0.39, 0.29) is 11.7 Å². The lowest BCUT2D eigenvalue weighted by Gasteiger charge is -2.13. The van der Waals surface area contributed by atoms with E-state index in [1.165, 1.54) is 4.57 Å². The Kier molecular flexibility index (Phi) is 5.13. The third-order valence-electron chi connectivity index (χ3n) is 3.31. The highest BCUT2D eigenvalue weighted by molar-refractivity contribution is 5.40. The maximum Gasteiger partial charge on any atom is 0.347 e. The third-order valence-corrected chi connectivity index (χ3v) is 3.31. The van der Waals surface area contributed by atoms with E-state index in [2.05, 4.69) is 10.2 Å². The summed E-state index contributed by atoms with van der Waals surface area (Å²) in [5, 5.41) is 6.51. The lowest BCUT2D eigenvalue weighted by atomic mass is 10.1. The summed E-state index contributed by atoms with van der Waals surface area (Å²) >= 11 is 0. The molecule has 1 unspecified atom stereocenters. The Morgan fingerprint density at radius 3 is 2.95 bits per heavy atom. The van der Waals surface area contributed by atoms with Crippen LogP contribution in [0, 0.1) is 0 Å². The fraction of sp³-hybridized carbons (Fsp3) is 0.429. The number of unbranched alkanes of at least 4 members (excludes halogenated alkanes) is 1. The summed E-state index contributed by atoms with van der Waals surface area (Å²) < 4.78 is 6.66. The summed E-state index contributed by atoms with van der Waals surface area (Å²) in [6.07, 6.45) is 2.53. The molecule has 0 aliphatic heterocycles. The van der Waals surface area contributed by atoms with E-state index < -0.39 is 0 Å². The molecule has 0 saturated carbocycles. The second kappa shape index (κ2) is 7.05. The number of hydrogen-bond donors (Lipinski definition) is 3. The second-order valence-corrected chi connectivity index (χ2v) is 4.81. The van der Waals surface area contributed by atoms with Crippen molar-refractivity contribution in [3.63, 3.8) is 0 Å². The van der Waals surface area contributed by atoms with Gasteiger partial charge in [0.1, 0.15) is 5.75 Å². The molecule has 0 aliphatic carbocycles. The molecule has 21 heavy (non-hydrogen) atoms. The molecule has 0 saturated heterocycles. The molecule has 1 aromatic carbocycles. The number of H-pyrrole nitrogens is 1. The number of aromatic amines is 1. The number of nitrogens with one attached hydrogen (secondary N) is 1. The minimum atomic E-state index is -0.318. The van der Waals surface area contributed by atoms with Crippen LogP contribution in [0.25, 0.3) is 5.69 Å². The van der Waals surface area contributed by atoms with E-state index in [1.54, 1.807) is 13.2 Å². The Morgan fingerprint density at radius 1 is 1.43 bits per heavy atom. The SMILES string of the molecule is COc1cccc(-n2c(C(N)CCCCN)n[nH]c2=O)c1. The monoisotopic (exact) mass is 291 g/mol. The van der Waals surface area contributed by atoms with E-state index in [1.807, 2.05) is 18.2 Å². The van der Waals surface area contributed by atoms with Crippen LogP contribution in [-0.4, -0.2) is 28.4 Å². The van der Waals surface area contributed by atoms with Crippen molar-refractivity contribution in [1.82, 2.24) is 14.8 Å². The fourth-order valence-corrected chi connectivity index (χ4v) is 2.19. The van der Waals surface area contributed by atoms with E-state index in [0.29, 0.717) is 23.8 Å². The summed E-state index contributed by atoms with van der Waals surface area (Å²) in [7, 11) is 1.58. The summed E-state index contributed by atoms with van der Waals surface area (Å²) in [5.41, 5.74) is 12.0. The zero-order chi connectivity index (χ0) is 15.2. The van der Waals surface area contributed by atoms with E-state index >= 15 is 0 Å². The van der Waals surface area contributed by atoms with Crippen LogP contribution in [0.4, 0.5) is 0 Å². The number of aromatic nitrogens is 3. The minimum absolute atomic E-state index is 0.312. The molecule has 0 radical (unpaired) electrons. The molecule has 0 bridgehead atoms. The van der Waals surface area contributed by atoms with E-state index in [0.717, 1.165) is 19.3 Å². The van der Waals surface area contributed by atoms with Crippen molar-refractivity contribution in [2.45, 2.75) is 25.3 Å². The summed E-state index contributed by atoms with van der Waals surface area (Å²) in [6.45, 7) is 0.635. The molecule has 114 valence electrons. The van der Waals surface area contributed by atoms with Crippen molar-refractivity contribution in [2.75, 3.05) is 13.7 Å². The number of nitrogens with zero attached hydrogens (tertiary/aromatic N) is 2. The molecular weight excluding hydrogens is 270 g/mol. The van der Waals surface area contributed by atoms with Crippen LogP contribution in [0.2, 0.25) is 0 Å². The van der Waals surface area contributed by atoms with Gasteiger partial charge in [0.25, 0.3) is 0 Å². The molecule has 2 rings (SSSR count). The normalized spacial score (nSPS) is 12.3. The van der Waals surface area contributed by atoms with Crippen molar-refractivity contribution in [3.8, 4) is 11.4 Å². The first-order valence-electron chi connectivity index (χ1n) is 6.94. The first-order valence-corrected chi connectivity index (χ1v) is 6.94. The van der Waals surface area contributed by atoms with Gasteiger partial charge in [-0.1, -0.05) is 12.5 Å². The highest BCUT2D eigenvalue weighted by Gasteiger charge is 2.17. The summed E-state index contributed by atoms with van der Waals surface area (Å²) in [6, 6.07) is 6.90. The van der Waals surface area contributed by atoms with Crippen LogP contribution < -0.4 is 21.9 Å². The quantitative estimate of drug-likeness (QED) is 0.650. The third kappa shape index (κ3) is 3.50. The van der Waals surface area contributed by atoms with Gasteiger partial charge in [-0.05, 0) is 31.5 Å². The Morgan fingerprint density at radius 2 is 2.24 bits per heavy atom. The molecule has 7 nitrogen and oxygen atoms in total. The summed E-state index contributed by atoms with van der Waals surface area (Å²) in [4.78, 5) is 12.0. The predicted molar refractivity (Wildman–Crippen MR) is 80.6 cm³/mol.